The van der Waals surface area contributed by atoms with Gasteiger partial charge in [-0.05, 0) is 48.9 Å². The Hall–Kier alpha value is -5.03. The van der Waals surface area contributed by atoms with Crippen molar-refractivity contribution in [2.75, 3.05) is 6.54 Å². The molecular formula is C33H41N7O4. The maximum atomic E-state index is 13.7. The summed E-state index contributed by atoms with van der Waals surface area (Å²) in [6.45, 7) is 0.409. The molecule has 0 aliphatic heterocycles. The molecule has 232 valence electrons. The third-order valence-electron chi connectivity index (χ3n) is 7.12. The van der Waals surface area contributed by atoms with Crippen LogP contribution in [0.1, 0.15) is 54.0 Å². The van der Waals surface area contributed by atoms with Crippen molar-refractivity contribution in [1.82, 2.24) is 16.0 Å². The zero-order valence-corrected chi connectivity index (χ0v) is 24.6. The average Bonchev–Trinajstić information content (AvgIpc) is 3.02. The van der Waals surface area contributed by atoms with Gasteiger partial charge in [0.05, 0.1) is 0 Å². The summed E-state index contributed by atoms with van der Waals surface area (Å²) in [5.74, 6) is -2.29. The summed E-state index contributed by atoms with van der Waals surface area (Å²) in [6.07, 6.45) is 2.21. The monoisotopic (exact) mass is 599 g/mol. The summed E-state index contributed by atoms with van der Waals surface area (Å²) in [4.78, 5) is 52.4. The van der Waals surface area contributed by atoms with Crippen molar-refractivity contribution in [3.05, 3.63) is 107 Å². The van der Waals surface area contributed by atoms with E-state index in [1.807, 2.05) is 30.3 Å². The van der Waals surface area contributed by atoms with Gasteiger partial charge >= 0.3 is 0 Å². The Bertz CT molecular complexity index is 1400. The molecule has 3 aromatic carbocycles. The SMILES string of the molecule is N=C(N)c1ccc(C[C@H](NC(=O)CCc2ccccc2)C(=O)N[C@@H](CCCCN)C(=O)N[C@H](C(N)=O)c2ccccc2)cc1. The molecule has 11 nitrogen and oxygen atoms in total. The molecule has 0 spiro atoms. The molecule has 0 saturated heterocycles. The zero-order valence-electron chi connectivity index (χ0n) is 24.6. The second-order valence-electron chi connectivity index (χ2n) is 10.5. The van der Waals surface area contributed by atoms with Gasteiger partial charge in [-0.2, -0.15) is 0 Å². The van der Waals surface area contributed by atoms with E-state index in [1.165, 1.54) is 0 Å². The van der Waals surface area contributed by atoms with E-state index in [0.29, 0.717) is 36.9 Å². The summed E-state index contributed by atoms with van der Waals surface area (Å²) in [7, 11) is 0. The maximum Gasteiger partial charge on any atom is 0.244 e. The lowest BCUT2D eigenvalue weighted by molar-refractivity contribution is -0.133. The summed E-state index contributed by atoms with van der Waals surface area (Å²) >= 11 is 0. The lowest BCUT2D eigenvalue weighted by Gasteiger charge is -2.25. The van der Waals surface area contributed by atoms with Crippen LogP contribution in [0, 0.1) is 5.41 Å². The minimum absolute atomic E-state index is 0.0869. The predicted molar refractivity (Wildman–Crippen MR) is 169 cm³/mol. The number of nitrogens with one attached hydrogen (secondary N) is 4. The molecule has 4 amide bonds. The highest BCUT2D eigenvalue weighted by Crippen LogP contribution is 2.14. The quantitative estimate of drug-likeness (QED) is 0.0696. The van der Waals surface area contributed by atoms with Crippen LogP contribution in [-0.2, 0) is 32.0 Å². The van der Waals surface area contributed by atoms with E-state index >= 15 is 0 Å². The second kappa shape index (κ2) is 17.2. The Morgan fingerprint density at radius 1 is 0.705 bits per heavy atom. The Kier molecular flexibility index (Phi) is 13.1. The van der Waals surface area contributed by atoms with E-state index in [1.54, 1.807) is 54.6 Å². The van der Waals surface area contributed by atoms with Crippen molar-refractivity contribution < 1.29 is 19.2 Å². The van der Waals surface area contributed by atoms with Crippen LogP contribution in [0.25, 0.3) is 0 Å². The normalized spacial score (nSPS) is 12.8. The standard InChI is InChI=1S/C33H41N7O4/c34-20-8-7-13-26(32(43)40-29(31(37)42)24-11-5-2-6-12-24)39-33(44)27(21-23-14-17-25(18-15-23)30(35)36)38-28(41)19-16-22-9-3-1-4-10-22/h1-6,9-12,14-15,17-18,26-27,29H,7-8,13,16,19-21,34H2,(H3,35,36)(H2,37,42)(H,38,41)(H,39,44)(H,40,43)/t26-,27-,29-/m0/s1. The third-order valence-corrected chi connectivity index (χ3v) is 7.12. The fourth-order valence-corrected chi connectivity index (χ4v) is 4.68. The molecule has 0 heterocycles. The first kappa shape index (κ1) is 33.5. The Morgan fingerprint density at radius 2 is 1.32 bits per heavy atom. The van der Waals surface area contributed by atoms with Gasteiger partial charge in [0, 0.05) is 18.4 Å². The molecular weight excluding hydrogens is 558 g/mol. The van der Waals surface area contributed by atoms with Crippen LogP contribution in [0.15, 0.2) is 84.9 Å². The molecule has 0 saturated carbocycles. The van der Waals surface area contributed by atoms with Crippen LogP contribution >= 0.6 is 0 Å². The first-order chi connectivity index (χ1) is 21.2. The highest BCUT2D eigenvalue weighted by atomic mass is 16.2. The van der Waals surface area contributed by atoms with Gasteiger partial charge < -0.3 is 33.2 Å². The Morgan fingerprint density at radius 3 is 1.91 bits per heavy atom. The number of aryl methyl sites for hydroxylation is 1. The predicted octanol–water partition coefficient (Wildman–Crippen LogP) is 1.59. The van der Waals surface area contributed by atoms with E-state index in [9.17, 15) is 19.2 Å². The largest absolute Gasteiger partial charge is 0.384 e. The van der Waals surface area contributed by atoms with Crippen LogP contribution in [0.4, 0.5) is 0 Å². The summed E-state index contributed by atoms with van der Waals surface area (Å²) in [6, 6.07) is 21.8. The van der Waals surface area contributed by atoms with Gasteiger partial charge in [-0.25, -0.2) is 0 Å². The molecule has 0 unspecified atom stereocenters. The van der Waals surface area contributed by atoms with Crippen LogP contribution < -0.4 is 33.2 Å². The maximum absolute atomic E-state index is 13.7. The van der Waals surface area contributed by atoms with E-state index in [2.05, 4.69) is 16.0 Å². The zero-order chi connectivity index (χ0) is 31.9. The molecule has 3 atom stereocenters. The van der Waals surface area contributed by atoms with Crippen molar-refractivity contribution in [2.45, 2.75) is 56.7 Å². The van der Waals surface area contributed by atoms with Gasteiger partial charge in [-0.1, -0.05) is 84.9 Å². The van der Waals surface area contributed by atoms with Crippen LogP contribution in [0.3, 0.4) is 0 Å². The number of carbonyl (C=O) groups is 4. The molecule has 0 radical (unpaired) electrons. The van der Waals surface area contributed by atoms with Gasteiger partial charge in [0.25, 0.3) is 0 Å². The van der Waals surface area contributed by atoms with Crippen molar-refractivity contribution in [3.63, 3.8) is 0 Å². The molecule has 44 heavy (non-hydrogen) atoms. The summed E-state index contributed by atoms with van der Waals surface area (Å²) < 4.78 is 0. The van der Waals surface area contributed by atoms with Crippen LogP contribution in [0.2, 0.25) is 0 Å². The minimum atomic E-state index is -1.09. The number of hydrogen-bond acceptors (Lipinski definition) is 6. The minimum Gasteiger partial charge on any atom is -0.384 e. The molecule has 0 fully saturated rings. The van der Waals surface area contributed by atoms with Crippen molar-refractivity contribution in [2.24, 2.45) is 17.2 Å². The van der Waals surface area contributed by atoms with Crippen molar-refractivity contribution >= 4 is 29.5 Å². The van der Waals surface area contributed by atoms with E-state index in [0.717, 1.165) is 11.1 Å². The first-order valence-electron chi connectivity index (χ1n) is 14.6. The fourth-order valence-electron chi connectivity index (χ4n) is 4.68. The number of amidine groups is 1. The number of amides is 4. The molecule has 0 bridgehead atoms. The fraction of sp³-hybridized carbons (Fsp3) is 0.303. The second-order valence-corrected chi connectivity index (χ2v) is 10.5. The average molecular weight is 600 g/mol. The topological polar surface area (TPSA) is 206 Å². The number of hydrogen-bond donors (Lipinski definition) is 7. The number of carbonyl (C=O) groups excluding carboxylic acids is 4. The third kappa shape index (κ3) is 10.7. The van der Waals surface area contributed by atoms with Gasteiger partial charge in [0.1, 0.15) is 24.0 Å². The molecule has 0 aliphatic rings. The molecule has 11 heteroatoms. The number of nitrogen functional groups attached to an aromatic ring is 1. The Labute approximate surface area is 257 Å². The van der Waals surface area contributed by atoms with E-state index in [-0.39, 0.29) is 31.0 Å². The highest BCUT2D eigenvalue weighted by Gasteiger charge is 2.29. The number of nitrogens with two attached hydrogens (primary N) is 3. The van der Waals surface area contributed by atoms with Crippen LogP contribution in [0.5, 0.6) is 0 Å². The van der Waals surface area contributed by atoms with Gasteiger partial charge in [0.2, 0.25) is 23.6 Å². The van der Waals surface area contributed by atoms with E-state index in [4.69, 9.17) is 22.6 Å². The van der Waals surface area contributed by atoms with Gasteiger partial charge in [0.15, 0.2) is 0 Å². The molecule has 0 aliphatic carbocycles. The molecule has 0 aromatic heterocycles. The van der Waals surface area contributed by atoms with Crippen molar-refractivity contribution in [1.29, 1.82) is 5.41 Å². The van der Waals surface area contributed by atoms with Crippen molar-refractivity contribution in [3.8, 4) is 0 Å². The number of rotatable bonds is 17. The van der Waals surface area contributed by atoms with Crippen LogP contribution in [-0.4, -0.2) is 48.1 Å². The molecule has 3 rings (SSSR count). The lowest BCUT2D eigenvalue weighted by atomic mass is 10.0. The van der Waals surface area contributed by atoms with Gasteiger partial charge in [-0.15, -0.1) is 0 Å². The smallest absolute Gasteiger partial charge is 0.244 e. The first-order valence-corrected chi connectivity index (χ1v) is 14.6. The summed E-state index contributed by atoms with van der Waals surface area (Å²) in [5, 5.41) is 15.9. The number of primary amides is 1. The van der Waals surface area contributed by atoms with E-state index < -0.39 is 35.8 Å². The number of unbranched alkanes of at least 4 members (excludes halogenated alkanes) is 1. The number of benzene rings is 3. The highest BCUT2D eigenvalue weighted by molar-refractivity contribution is 5.95. The Balaban J connectivity index is 1.79. The summed E-state index contributed by atoms with van der Waals surface area (Å²) in [5.41, 5.74) is 19.6. The van der Waals surface area contributed by atoms with Gasteiger partial charge in [-0.3, -0.25) is 24.6 Å². The molecule has 3 aromatic rings. The lowest BCUT2D eigenvalue weighted by Crippen LogP contribution is -2.55. The molecule has 10 N–H and O–H groups in total.